The molecule has 8 rings (SSSR count). The zero-order valence-electron chi connectivity index (χ0n) is 26.6. The van der Waals surface area contributed by atoms with Crippen molar-refractivity contribution in [2.45, 2.75) is 24.1 Å². The summed E-state index contributed by atoms with van der Waals surface area (Å²) < 4.78 is 78.9. The van der Waals surface area contributed by atoms with Crippen LogP contribution < -0.4 is 9.47 Å². The number of para-hydroxylation sites is 1. The van der Waals surface area contributed by atoms with Gasteiger partial charge in [0.25, 0.3) is 21.5 Å². The smallest absolute Gasteiger partial charge is 0.375 e. The minimum Gasteiger partial charge on any atom is -0.398 e. The van der Waals surface area contributed by atoms with Crippen LogP contribution in [0, 0.1) is 0 Å². The first-order valence-electron chi connectivity index (χ1n) is 15.7. The Morgan fingerprint density at radius 2 is 1.58 bits per heavy atom. The molecule has 10 nitrogen and oxygen atoms in total. The highest BCUT2D eigenvalue weighted by Gasteiger charge is 2.32. The number of nitrogens with zero attached hydrogens (tertiary/aromatic N) is 3. The number of rotatable bonds is 8. The minimum atomic E-state index is -4.48. The zero-order chi connectivity index (χ0) is 34.8. The summed E-state index contributed by atoms with van der Waals surface area (Å²) >= 11 is 1.37. The maximum atomic E-state index is 12.4. The zero-order valence-corrected chi connectivity index (χ0v) is 29.0. The second-order valence-electron chi connectivity index (χ2n) is 12.1. The second-order valence-corrected chi connectivity index (χ2v) is 16.0. The van der Waals surface area contributed by atoms with Gasteiger partial charge in [-0.25, -0.2) is 0 Å². The molecule has 0 saturated heterocycles. The van der Waals surface area contributed by atoms with Crippen LogP contribution in [0.5, 0.6) is 0 Å². The van der Waals surface area contributed by atoms with Gasteiger partial charge >= 0.3 is 16.0 Å². The number of oxazole rings is 1. The summed E-state index contributed by atoms with van der Waals surface area (Å²) in [6, 6.07) is 31.3. The highest BCUT2D eigenvalue weighted by atomic mass is 32.2. The summed E-state index contributed by atoms with van der Waals surface area (Å²) in [5.74, 6) is -1.23. The van der Waals surface area contributed by atoms with E-state index in [0.29, 0.717) is 33.8 Å². The molecule has 2 aromatic heterocycles. The van der Waals surface area contributed by atoms with Gasteiger partial charge in [0.1, 0.15) is 0 Å². The largest absolute Gasteiger partial charge is 0.398 e. The van der Waals surface area contributed by atoms with Crippen LogP contribution in [0.25, 0.3) is 55.3 Å². The van der Waals surface area contributed by atoms with Crippen LogP contribution in [-0.2, 0) is 26.1 Å². The monoisotopic (exact) mass is 724 g/mol. The van der Waals surface area contributed by atoms with E-state index in [1.165, 1.54) is 16.3 Å². The van der Waals surface area contributed by atoms with Crippen LogP contribution in [-0.4, -0.2) is 36.4 Å². The van der Waals surface area contributed by atoms with Gasteiger partial charge in [-0.3, -0.25) is 9.11 Å². The summed E-state index contributed by atoms with van der Waals surface area (Å²) in [4.78, 5) is 2.42. The molecule has 5 aromatic carbocycles. The van der Waals surface area contributed by atoms with E-state index in [4.69, 9.17) is 4.42 Å². The molecule has 13 heteroatoms. The molecule has 252 valence electrons. The van der Waals surface area contributed by atoms with Gasteiger partial charge < -0.3 is 13.9 Å². The SMILES string of the molecule is CCC(/C=C1\Sc2ccc3cc4ccccc4cc3c2N1CS(=O)(=O)O)=C\c1oc2ccc(-n3ccc4ccccc43)cc2[n+]1CS(=O)(=O)O. The number of anilines is 1. The average Bonchev–Trinajstić information content (AvgIpc) is 3.75. The van der Waals surface area contributed by atoms with Gasteiger partial charge in [0.15, 0.2) is 5.88 Å². The first-order valence-corrected chi connectivity index (χ1v) is 19.7. The molecule has 0 bridgehead atoms. The topological polar surface area (TPSA) is 134 Å². The van der Waals surface area contributed by atoms with Gasteiger partial charge in [-0.15, -0.1) is 4.57 Å². The van der Waals surface area contributed by atoms with E-state index in [9.17, 15) is 25.9 Å². The van der Waals surface area contributed by atoms with Crippen molar-refractivity contribution in [3.63, 3.8) is 0 Å². The number of hydrogen-bond donors (Lipinski definition) is 2. The van der Waals surface area contributed by atoms with Crippen molar-refractivity contribution in [2.75, 3.05) is 10.8 Å². The number of allylic oxidation sites excluding steroid dienone is 2. The third kappa shape index (κ3) is 6.07. The average molecular weight is 725 g/mol. The molecule has 0 amide bonds. The van der Waals surface area contributed by atoms with Crippen LogP contribution >= 0.6 is 11.8 Å². The predicted molar refractivity (Wildman–Crippen MR) is 197 cm³/mol. The lowest BCUT2D eigenvalue weighted by molar-refractivity contribution is -0.658. The molecule has 0 aliphatic carbocycles. The fraction of sp³-hybridized carbons (Fsp3) is 0.108. The molecule has 0 unspecified atom stereocenters. The number of benzene rings is 5. The summed E-state index contributed by atoms with van der Waals surface area (Å²) in [6.07, 6.45) is 5.90. The van der Waals surface area contributed by atoms with Crippen LogP contribution in [0.1, 0.15) is 19.2 Å². The Morgan fingerprint density at radius 3 is 2.32 bits per heavy atom. The van der Waals surface area contributed by atoms with Gasteiger partial charge in [0.05, 0.1) is 28.0 Å². The van der Waals surface area contributed by atoms with E-state index < -0.39 is 32.0 Å². The van der Waals surface area contributed by atoms with E-state index in [2.05, 4.69) is 6.07 Å². The molecule has 0 fully saturated rings. The molecule has 1 aliphatic rings. The molecule has 0 spiro atoms. The first kappa shape index (κ1) is 32.3. The van der Waals surface area contributed by atoms with Crippen LogP contribution in [0.4, 0.5) is 5.69 Å². The van der Waals surface area contributed by atoms with Crippen LogP contribution in [0.2, 0.25) is 0 Å². The standard InChI is InChI=1S/C37H29N3O7S3/c1-2-24(18-36-40(23-50(44,45)46)37-30-20-27-9-4-3-8-26(27)19-28(30)11-14-34(37)48-36)17-35-39(22-49(41,42)43)32-21-29(12-13-33(32)47-35)38-16-15-25-7-5-6-10-31(25)38/h3-21H,2,22-23H2,1H3,(H-,41,42,43,44,45,46)/p+1. The van der Waals surface area contributed by atoms with E-state index in [-0.39, 0.29) is 5.89 Å². The molecular formula is C37H30N3O7S3+. The molecule has 0 saturated carbocycles. The summed E-state index contributed by atoms with van der Waals surface area (Å²) in [5.41, 5.74) is 3.99. The number of aromatic nitrogens is 2. The van der Waals surface area contributed by atoms with Crippen molar-refractivity contribution in [1.82, 2.24) is 4.57 Å². The number of fused-ring (bicyclic) bond motifs is 6. The Hall–Kier alpha value is -4.92. The van der Waals surface area contributed by atoms with E-state index in [1.54, 1.807) is 17.0 Å². The molecule has 3 heterocycles. The third-order valence-electron chi connectivity index (χ3n) is 8.77. The van der Waals surface area contributed by atoms with Crippen molar-refractivity contribution in [3.8, 4) is 5.69 Å². The Kier molecular flexibility index (Phi) is 7.84. The normalized spacial score (nSPS) is 14.9. The van der Waals surface area contributed by atoms with Crippen molar-refractivity contribution < 1.29 is 34.9 Å². The maximum Gasteiger partial charge on any atom is 0.375 e. The highest BCUT2D eigenvalue weighted by molar-refractivity contribution is 8.03. The fourth-order valence-corrected chi connectivity index (χ4v) is 8.95. The molecule has 1 aliphatic heterocycles. The van der Waals surface area contributed by atoms with E-state index in [1.807, 2.05) is 109 Å². The second kappa shape index (κ2) is 12.1. The van der Waals surface area contributed by atoms with Gasteiger partial charge in [-0.2, -0.15) is 16.8 Å². The van der Waals surface area contributed by atoms with Crippen LogP contribution in [0.3, 0.4) is 0 Å². The van der Waals surface area contributed by atoms with Crippen molar-refractivity contribution in [2.24, 2.45) is 0 Å². The number of thioether (sulfide) groups is 1. The van der Waals surface area contributed by atoms with Crippen LogP contribution in [0.15, 0.2) is 129 Å². The molecule has 2 N–H and O–H groups in total. The Balaban J connectivity index is 1.25. The first-order chi connectivity index (χ1) is 23.9. The molecule has 0 radical (unpaired) electrons. The highest BCUT2D eigenvalue weighted by Crippen LogP contribution is 2.50. The fourth-order valence-electron chi connectivity index (χ4n) is 6.53. The van der Waals surface area contributed by atoms with E-state index in [0.717, 1.165) is 43.0 Å². The Labute approximate surface area is 292 Å². The Bertz CT molecular complexity index is 2800. The van der Waals surface area contributed by atoms with Crippen molar-refractivity contribution >= 4 is 87.3 Å². The predicted octanol–water partition coefficient (Wildman–Crippen LogP) is 7.91. The number of hydrogen-bond acceptors (Lipinski definition) is 7. The van der Waals surface area contributed by atoms with Gasteiger partial charge in [-0.05, 0) is 82.1 Å². The Morgan fingerprint density at radius 1 is 0.840 bits per heavy atom. The molecule has 7 aromatic rings. The minimum absolute atomic E-state index is 0.180. The van der Waals surface area contributed by atoms with Crippen molar-refractivity contribution in [3.05, 3.63) is 126 Å². The maximum absolute atomic E-state index is 12.4. The quantitative estimate of drug-likeness (QED) is 0.0911. The molecule has 50 heavy (non-hydrogen) atoms. The summed E-state index contributed by atoms with van der Waals surface area (Å²) in [5, 5.41) is 5.43. The van der Waals surface area contributed by atoms with Gasteiger partial charge in [0, 0.05) is 22.5 Å². The van der Waals surface area contributed by atoms with E-state index >= 15 is 0 Å². The lowest BCUT2D eigenvalue weighted by Crippen LogP contribution is -2.39. The third-order valence-corrected chi connectivity index (χ3v) is 11.0. The molecule has 0 atom stereocenters. The summed E-state index contributed by atoms with van der Waals surface area (Å²) in [6.45, 7) is 1.91. The lowest BCUT2D eigenvalue weighted by atomic mass is 10.0. The molecular weight excluding hydrogens is 695 g/mol. The van der Waals surface area contributed by atoms with Crippen molar-refractivity contribution in [1.29, 1.82) is 0 Å². The van der Waals surface area contributed by atoms with Gasteiger partial charge in [0.2, 0.25) is 5.58 Å². The van der Waals surface area contributed by atoms with Gasteiger partial charge in [-0.1, -0.05) is 67.2 Å². The lowest BCUT2D eigenvalue weighted by Gasteiger charge is -2.20. The summed E-state index contributed by atoms with van der Waals surface area (Å²) in [7, 11) is -8.93.